The maximum absolute atomic E-state index is 11.7. The molecule has 2 heterocycles. The van der Waals surface area contributed by atoms with Crippen LogP contribution in [0.3, 0.4) is 0 Å². The Morgan fingerprint density at radius 3 is 2.39 bits per heavy atom. The molecule has 0 amide bonds. The van der Waals surface area contributed by atoms with Gasteiger partial charge in [0.05, 0.1) is 0 Å². The van der Waals surface area contributed by atoms with Crippen molar-refractivity contribution in [3.05, 3.63) is 41.4 Å². The molecule has 2 aromatic rings. The fourth-order valence-electron chi connectivity index (χ4n) is 1.05. The Bertz CT molecular complexity index is 494. The molecular formula is C12H14N3O2Y-. The minimum atomic E-state index is -0.383. The van der Waals surface area contributed by atoms with Gasteiger partial charge in [0.25, 0.3) is 5.89 Å². The van der Waals surface area contributed by atoms with Crippen LogP contribution < -0.4 is 0 Å². The summed E-state index contributed by atoms with van der Waals surface area (Å²) in [5.41, 5.74) is 1.12. The number of hydrogen-bond donors (Lipinski definition) is 0. The van der Waals surface area contributed by atoms with Gasteiger partial charge in [0.15, 0.2) is 0 Å². The molecule has 0 unspecified atom stereocenters. The zero-order valence-corrected chi connectivity index (χ0v) is 13.7. The van der Waals surface area contributed by atoms with Crippen LogP contribution in [-0.2, 0) is 32.7 Å². The van der Waals surface area contributed by atoms with Crippen LogP contribution in [0.2, 0.25) is 0 Å². The predicted octanol–water partition coefficient (Wildman–Crippen LogP) is 2.14. The number of aromatic nitrogens is 3. The van der Waals surface area contributed by atoms with Crippen LogP contribution in [0.1, 0.15) is 41.7 Å². The van der Waals surface area contributed by atoms with Gasteiger partial charge in [0.2, 0.25) is 11.7 Å². The molecule has 0 atom stereocenters. The number of carbonyl (C=O) groups is 1. The van der Waals surface area contributed by atoms with Crippen molar-refractivity contribution in [1.82, 2.24) is 15.2 Å². The summed E-state index contributed by atoms with van der Waals surface area (Å²) in [4.78, 5) is 15.6. The Hall–Kier alpha value is -0.936. The quantitative estimate of drug-likeness (QED) is 0.626. The van der Waals surface area contributed by atoms with Crippen molar-refractivity contribution in [2.75, 3.05) is 0 Å². The molecule has 0 N–H and O–H groups in total. The van der Waals surface area contributed by atoms with E-state index in [1.165, 1.54) is 6.07 Å². The Morgan fingerprint density at radius 1 is 1.28 bits per heavy atom. The maximum atomic E-state index is 11.7. The molecule has 6 heteroatoms. The topological polar surface area (TPSA) is 68.9 Å². The van der Waals surface area contributed by atoms with Crippen molar-refractivity contribution in [1.29, 1.82) is 0 Å². The molecule has 2 rings (SSSR count). The first-order valence-corrected chi connectivity index (χ1v) is 5.36. The van der Waals surface area contributed by atoms with Crippen LogP contribution in [0.25, 0.3) is 0 Å². The van der Waals surface area contributed by atoms with Gasteiger partial charge < -0.3 is 9.40 Å². The average molecular weight is 321 g/mol. The second-order valence-corrected chi connectivity index (χ2v) is 3.07. The Kier molecular flexibility index (Phi) is 7.79. The zero-order valence-electron chi connectivity index (χ0n) is 10.9. The van der Waals surface area contributed by atoms with E-state index in [0.29, 0.717) is 5.89 Å². The second kappa shape index (κ2) is 8.22. The van der Waals surface area contributed by atoms with E-state index in [1.807, 2.05) is 20.8 Å². The number of carbonyl (C=O) groups excluding carboxylic acids is 1. The van der Waals surface area contributed by atoms with Gasteiger partial charge in [-0.15, -0.1) is 21.8 Å². The van der Waals surface area contributed by atoms with E-state index in [2.05, 4.69) is 21.2 Å². The summed E-state index contributed by atoms with van der Waals surface area (Å²) in [6.45, 7) is 7.47. The van der Waals surface area contributed by atoms with Gasteiger partial charge in [-0.05, 0) is 0 Å². The molecule has 0 spiro atoms. The first-order valence-electron chi connectivity index (χ1n) is 5.36. The molecule has 0 saturated heterocycles. The SMILES string of the molecule is CC.Cc1[c-]cc(C(=O)c2nnc(C)o2)nc1.[Y]. The molecule has 5 nitrogen and oxygen atoms in total. The molecular weight excluding hydrogens is 307 g/mol. The third kappa shape index (κ3) is 4.39. The first kappa shape index (κ1) is 17.1. The number of aryl methyl sites for hydroxylation is 2. The van der Waals surface area contributed by atoms with Crippen molar-refractivity contribution < 1.29 is 41.9 Å². The summed E-state index contributed by atoms with van der Waals surface area (Å²) in [5.74, 6) is -0.0708. The van der Waals surface area contributed by atoms with Crippen molar-refractivity contribution in [3.63, 3.8) is 0 Å². The number of rotatable bonds is 2. The molecule has 1 radical (unpaired) electrons. The minimum Gasteiger partial charge on any atom is -0.419 e. The van der Waals surface area contributed by atoms with Crippen molar-refractivity contribution in [2.45, 2.75) is 27.7 Å². The summed E-state index contributed by atoms with van der Waals surface area (Å²) in [7, 11) is 0. The van der Waals surface area contributed by atoms with Gasteiger partial charge in [-0.2, -0.15) is 6.07 Å². The fraction of sp³-hybridized carbons (Fsp3) is 0.333. The zero-order chi connectivity index (χ0) is 12.8. The molecule has 0 fully saturated rings. The van der Waals surface area contributed by atoms with Crippen LogP contribution >= 0.6 is 0 Å². The van der Waals surface area contributed by atoms with E-state index >= 15 is 0 Å². The Balaban J connectivity index is 0.000000917. The molecule has 93 valence electrons. The third-order valence-electron chi connectivity index (χ3n) is 1.79. The molecule has 0 saturated carbocycles. The predicted molar refractivity (Wildman–Crippen MR) is 61.6 cm³/mol. The molecule has 0 aliphatic rings. The second-order valence-electron chi connectivity index (χ2n) is 3.07. The molecule has 2 aromatic heterocycles. The number of nitrogens with zero attached hydrogens (tertiary/aromatic N) is 3. The van der Waals surface area contributed by atoms with Crippen LogP contribution in [0.4, 0.5) is 0 Å². The minimum absolute atomic E-state index is 0. The molecule has 0 aliphatic carbocycles. The van der Waals surface area contributed by atoms with Gasteiger partial charge in [-0.25, -0.2) is 0 Å². The Labute approximate surface area is 131 Å². The molecule has 0 aromatic carbocycles. The van der Waals surface area contributed by atoms with Crippen LogP contribution in [0.5, 0.6) is 0 Å². The smallest absolute Gasteiger partial charge is 0.277 e. The van der Waals surface area contributed by atoms with Crippen molar-refractivity contribution >= 4 is 5.78 Å². The number of pyridine rings is 1. The van der Waals surface area contributed by atoms with Gasteiger partial charge >= 0.3 is 0 Å². The van der Waals surface area contributed by atoms with E-state index in [9.17, 15) is 4.79 Å². The monoisotopic (exact) mass is 321 g/mol. The Morgan fingerprint density at radius 2 is 1.94 bits per heavy atom. The third-order valence-corrected chi connectivity index (χ3v) is 1.79. The van der Waals surface area contributed by atoms with E-state index in [1.54, 1.807) is 13.1 Å². The van der Waals surface area contributed by atoms with E-state index in [0.717, 1.165) is 5.56 Å². The fourth-order valence-corrected chi connectivity index (χ4v) is 1.05. The van der Waals surface area contributed by atoms with E-state index in [4.69, 9.17) is 4.42 Å². The number of ketones is 1. The van der Waals surface area contributed by atoms with E-state index in [-0.39, 0.29) is 50.1 Å². The first-order chi connectivity index (χ1) is 8.16. The van der Waals surface area contributed by atoms with Crippen LogP contribution in [0.15, 0.2) is 16.7 Å². The summed E-state index contributed by atoms with van der Waals surface area (Å²) < 4.78 is 5.00. The standard InChI is InChI=1S/C10H8N3O2.C2H6.Y/c1-6-3-4-8(11-5-6)9(14)10-13-12-7(2)15-10;1-2;/h4-5H,1-2H3;1-2H3;/q-1;;. The largest absolute Gasteiger partial charge is 0.419 e. The van der Waals surface area contributed by atoms with Gasteiger partial charge in [0.1, 0.15) is 0 Å². The molecule has 0 bridgehead atoms. The number of hydrogen-bond acceptors (Lipinski definition) is 5. The molecule has 0 aliphatic heterocycles. The van der Waals surface area contributed by atoms with Gasteiger partial charge in [-0.1, -0.05) is 27.0 Å². The molecule has 18 heavy (non-hydrogen) atoms. The van der Waals surface area contributed by atoms with Gasteiger partial charge in [0, 0.05) is 45.3 Å². The van der Waals surface area contributed by atoms with E-state index < -0.39 is 0 Å². The summed E-state index contributed by atoms with van der Waals surface area (Å²) in [6, 6.07) is 4.40. The average Bonchev–Trinajstić information content (AvgIpc) is 2.79. The normalized spacial score (nSPS) is 8.89. The van der Waals surface area contributed by atoms with Crippen LogP contribution in [0, 0.1) is 19.9 Å². The van der Waals surface area contributed by atoms with Crippen LogP contribution in [-0.4, -0.2) is 21.0 Å². The van der Waals surface area contributed by atoms with Crippen molar-refractivity contribution in [2.24, 2.45) is 0 Å². The summed E-state index contributed by atoms with van der Waals surface area (Å²) in [6.07, 6.45) is 1.57. The summed E-state index contributed by atoms with van der Waals surface area (Å²) in [5, 5.41) is 7.20. The van der Waals surface area contributed by atoms with Gasteiger partial charge in [-0.3, -0.25) is 4.79 Å². The van der Waals surface area contributed by atoms with Crippen molar-refractivity contribution in [3.8, 4) is 0 Å². The maximum Gasteiger partial charge on any atom is 0.277 e. The summed E-state index contributed by atoms with van der Waals surface area (Å²) >= 11 is 0.